The lowest BCUT2D eigenvalue weighted by Gasteiger charge is -2.32. The summed E-state index contributed by atoms with van der Waals surface area (Å²) in [6, 6.07) is 19.6. The van der Waals surface area contributed by atoms with Gasteiger partial charge < -0.3 is 16.5 Å². The number of nitrogens with one attached hydrogen (secondary N) is 2. The van der Waals surface area contributed by atoms with Crippen LogP contribution in [0.3, 0.4) is 0 Å². The van der Waals surface area contributed by atoms with Crippen LogP contribution in [-0.4, -0.2) is 54.6 Å². The molecule has 6 N–H and O–H groups in total. The van der Waals surface area contributed by atoms with Gasteiger partial charge in [-0.05, 0) is 103 Å². The Balaban J connectivity index is 0.00000400. The van der Waals surface area contributed by atoms with E-state index in [0.717, 1.165) is 40.6 Å². The molecule has 3 aromatic carbocycles. The fraction of sp³-hybridized carbons (Fsp3) is 0.312. The van der Waals surface area contributed by atoms with Gasteiger partial charge >= 0.3 is 5.69 Å². The normalized spacial score (nSPS) is 17.0. The molecular weight excluding hydrogens is 594 g/mol. The molecule has 2 aromatic heterocycles. The molecule has 45 heavy (non-hydrogen) atoms. The molecule has 234 valence electrons. The molecule has 1 aliphatic rings. The Morgan fingerprint density at radius 1 is 0.978 bits per heavy atom. The van der Waals surface area contributed by atoms with E-state index in [1.54, 1.807) is 35.9 Å². The SMILES string of the molecule is Cl.Cn1c(=O)[nH]c2ccc(-c3ccc(C[C@H](N)C(=O)N(C(=O)C4CCC(CN)CC4)c4ccc(-c5nn[nH]n5)cc4)cc3)cc21. The van der Waals surface area contributed by atoms with Gasteiger partial charge in [-0.1, -0.05) is 30.3 Å². The second-order valence-corrected chi connectivity index (χ2v) is 11.5. The highest BCUT2D eigenvalue weighted by Crippen LogP contribution is 2.32. The monoisotopic (exact) mass is 629 g/mol. The van der Waals surface area contributed by atoms with Crippen LogP contribution in [0.15, 0.2) is 71.5 Å². The molecular formula is C32H36ClN9O3. The zero-order chi connectivity index (χ0) is 30.8. The first kappa shape index (κ1) is 31.8. The van der Waals surface area contributed by atoms with Crippen LogP contribution in [0.5, 0.6) is 0 Å². The molecule has 5 aromatic rings. The number of aromatic nitrogens is 6. The standard InChI is InChI=1S/C32H35N9O3.ClH/c1-40-28-17-24(12-15-27(28)35-32(40)44)21-6-2-19(3-7-21)16-26(34)31(43)41(30(42)23-8-4-20(18-33)5-9-23)25-13-10-22(11-14-25)29-36-38-39-37-29;/h2-3,6-7,10-15,17,20,23,26H,4-5,8-9,16,18,33-34H2,1H3,(H,35,44)(H,36,37,38,39);1H/t20?,23?,26-;/m0./s1. The van der Waals surface area contributed by atoms with E-state index in [4.69, 9.17) is 11.5 Å². The van der Waals surface area contributed by atoms with E-state index in [2.05, 4.69) is 25.6 Å². The average molecular weight is 630 g/mol. The Morgan fingerprint density at radius 3 is 2.29 bits per heavy atom. The van der Waals surface area contributed by atoms with Crippen LogP contribution in [-0.2, 0) is 23.1 Å². The number of benzene rings is 3. The number of carbonyl (C=O) groups excluding carboxylic acids is 2. The third-order valence-electron chi connectivity index (χ3n) is 8.66. The Morgan fingerprint density at radius 2 is 1.64 bits per heavy atom. The van der Waals surface area contributed by atoms with Gasteiger partial charge in [-0.3, -0.25) is 14.2 Å². The molecule has 2 amide bonds. The molecule has 1 fully saturated rings. The number of anilines is 1. The second kappa shape index (κ2) is 13.6. The van der Waals surface area contributed by atoms with Crippen LogP contribution in [0, 0.1) is 11.8 Å². The summed E-state index contributed by atoms with van der Waals surface area (Å²) in [4.78, 5) is 43.8. The smallest absolute Gasteiger partial charge is 0.326 e. The van der Waals surface area contributed by atoms with Crippen molar-refractivity contribution in [2.75, 3.05) is 11.4 Å². The number of aromatic amines is 2. The fourth-order valence-electron chi connectivity index (χ4n) is 5.98. The van der Waals surface area contributed by atoms with Crippen LogP contribution in [0.4, 0.5) is 5.69 Å². The van der Waals surface area contributed by atoms with Gasteiger partial charge in [-0.25, -0.2) is 9.69 Å². The minimum absolute atomic E-state index is 0. The summed E-state index contributed by atoms with van der Waals surface area (Å²) < 4.78 is 1.58. The van der Waals surface area contributed by atoms with Crippen molar-refractivity contribution in [1.29, 1.82) is 0 Å². The molecule has 0 aliphatic heterocycles. The minimum atomic E-state index is -0.937. The molecule has 0 unspecified atom stereocenters. The second-order valence-electron chi connectivity index (χ2n) is 11.5. The number of nitrogens with zero attached hydrogens (tertiary/aromatic N) is 5. The Labute approximate surface area is 265 Å². The number of imide groups is 1. The number of amides is 2. The number of aryl methyl sites for hydroxylation is 1. The maximum absolute atomic E-state index is 13.9. The van der Waals surface area contributed by atoms with Gasteiger partial charge in [0.2, 0.25) is 11.7 Å². The molecule has 2 heterocycles. The summed E-state index contributed by atoms with van der Waals surface area (Å²) in [5, 5.41) is 14.0. The highest BCUT2D eigenvalue weighted by Gasteiger charge is 2.35. The van der Waals surface area contributed by atoms with E-state index >= 15 is 0 Å². The van der Waals surface area contributed by atoms with Crippen molar-refractivity contribution in [2.45, 2.75) is 38.1 Å². The number of nitrogens with two attached hydrogens (primary N) is 2. The number of hydrogen-bond acceptors (Lipinski definition) is 8. The number of hydrogen-bond donors (Lipinski definition) is 4. The van der Waals surface area contributed by atoms with E-state index in [0.29, 0.717) is 42.4 Å². The highest BCUT2D eigenvalue weighted by atomic mass is 35.5. The predicted octanol–water partition coefficient (Wildman–Crippen LogP) is 3.33. The van der Waals surface area contributed by atoms with Gasteiger partial charge in [-0.15, -0.1) is 22.6 Å². The number of carbonyl (C=O) groups is 2. The first-order valence-corrected chi connectivity index (χ1v) is 14.8. The van der Waals surface area contributed by atoms with Crippen molar-refractivity contribution in [2.24, 2.45) is 30.4 Å². The van der Waals surface area contributed by atoms with E-state index in [9.17, 15) is 14.4 Å². The number of imidazole rings is 1. The van der Waals surface area contributed by atoms with E-state index in [1.807, 2.05) is 42.5 Å². The third kappa shape index (κ3) is 6.58. The average Bonchev–Trinajstić information content (AvgIpc) is 3.70. The number of fused-ring (bicyclic) bond motifs is 1. The third-order valence-corrected chi connectivity index (χ3v) is 8.66. The summed E-state index contributed by atoms with van der Waals surface area (Å²) in [7, 11) is 1.73. The lowest BCUT2D eigenvalue weighted by molar-refractivity contribution is -0.130. The zero-order valence-electron chi connectivity index (χ0n) is 24.8. The highest BCUT2D eigenvalue weighted by molar-refractivity contribution is 6.17. The molecule has 1 aliphatic carbocycles. The quantitative estimate of drug-likeness (QED) is 0.201. The first-order valence-electron chi connectivity index (χ1n) is 14.8. The molecule has 0 radical (unpaired) electrons. The topological polar surface area (TPSA) is 182 Å². The van der Waals surface area contributed by atoms with Crippen molar-refractivity contribution in [3.05, 3.63) is 82.8 Å². The number of halogens is 1. The Bertz CT molecular complexity index is 1820. The summed E-state index contributed by atoms with van der Waals surface area (Å²) in [5.41, 5.74) is 17.8. The molecule has 12 nitrogen and oxygen atoms in total. The van der Waals surface area contributed by atoms with Gasteiger partial charge in [0.15, 0.2) is 0 Å². The van der Waals surface area contributed by atoms with Crippen molar-refractivity contribution >= 4 is 40.9 Å². The summed E-state index contributed by atoms with van der Waals surface area (Å²) in [6.07, 6.45) is 3.35. The van der Waals surface area contributed by atoms with Crippen LogP contribution in [0.2, 0.25) is 0 Å². The zero-order valence-corrected chi connectivity index (χ0v) is 25.7. The lowest BCUT2D eigenvalue weighted by atomic mass is 9.81. The van der Waals surface area contributed by atoms with Crippen LogP contribution < -0.4 is 22.1 Å². The molecule has 0 spiro atoms. The Hall–Kier alpha value is -4.65. The van der Waals surface area contributed by atoms with Gasteiger partial charge in [0.1, 0.15) is 0 Å². The summed E-state index contributed by atoms with van der Waals surface area (Å²) in [6.45, 7) is 0.602. The summed E-state index contributed by atoms with van der Waals surface area (Å²) >= 11 is 0. The van der Waals surface area contributed by atoms with Crippen LogP contribution in [0.1, 0.15) is 31.2 Å². The number of H-pyrrole nitrogens is 2. The van der Waals surface area contributed by atoms with E-state index in [-0.39, 0.29) is 36.3 Å². The van der Waals surface area contributed by atoms with Crippen molar-refractivity contribution in [3.63, 3.8) is 0 Å². The van der Waals surface area contributed by atoms with E-state index in [1.165, 1.54) is 4.90 Å². The van der Waals surface area contributed by atoms with Gasteiger partial charge in [-0.2, -0.15) is 5.21 Å². The first-order chi connectivity index (χ1) is 21.3. The molecule has 6 rings (SSSR count). The largest absolute Gasteiger partial charge is 0.330 e. The molecule has 13 heteroatoms. The predicted molar refractivity (Wildman–Crippen MR) is 175 cm³/mol. The minimum Gasteiger partial charge on any atom is -0.330 e. The Kier molecular flexibility index (Phi) is 9.57. The maximum atomic E-state index is 13.9. The molecule has 1 atom stereocenters. The fourth-order valence-corrected chi connectivity index (χ4v) is 5.98. The van der Waals surface area contributed by atoms with Crippen LogP contribution in [0.25, 0.3) is 33.5 Å². The molecule has 1 saturated carbocycles. The van der Waals surface area contributed by atoms with Gasteiger partial charge in [0.05, 0.1) is 22.8 Å². The molecule has 0 saturated heterocycles. The lowest BCUT2D eigenvalue weighted by Crippen LogP contribution is -2.50. The molecule has 0 bridgehead atoms. The van der Waals surface area contributed by atoms with Crippen molar-refractivity contribution < 1.29 is 9.59 Å². The van der Waals surface area contributed by atoms with Crippen molar-refractivity contribution in [1.82, 2.24) is 30.2 Å². The summed E-state index contributed by atoms with van der Waals surface area (Å²) in [5.74, 6) is -0.149. The maximum Gasteiger partial charge on any atom is 0.326 e. The van der Waals surface area contributed by atoms with Crippen molar-refractivity contribution in [3.8, 4) is 22.5 Å². The van der Waals surface area contributed by atoms with Gasteiger partial charge in [0, 0.05) is 18.5 Å². The number of tetrazole rings is 1. The van der Waals surface area contributed by atoms with Gasteiger partial charge in [0.25, 0.3) is 5.91 Å². The number of rotatable bonds is 8. The van der Waals surface area contributed by atoms with E-state index < -0.39 is 11.9 Å². The van der Waals surface area contributed by atoms with Crippen LogP contribution >= 0.6 is 12.4 Å².